The Morgan fingerprint density at radius 3 is 2.43 bits per heavy atom. The monoisotopic (exact) mass is 336 g/mol. The van der Waals surface area contributed by atoms with Gasteiger partial charge in [0.1, 0.15) is 6.54 Å². The van der Waals surface area contributed by atoms with Crippen molar-refractivity contribution in [3.05, 3.63) is 17.0 Å². The summed E-state index contributed by atoms with van der Waals surface area (Å²) < 4.78 is 38.5. The van der Waals surface area contributed by atoms with Gasteiger partial charge in [-0.2, -0.15) is 18.3 Å². The zero-order chi connectivity index (χ0) is 17.8. The summed E-state index contributed by atoms with van der Waals surface area (Å²) in [6, 6.07) is -1.36. The topological polar surface area (TPSA) is 79.2 Å². The molecule has 9 heteroatoms. The van der Waals surface area contributed by atoms with Crippen LogP contribution < -0.4 is 10.6 Å². The summed E-state index contributed by atoms with van der Waals surface area (Å²) in [7, 11) is 0. The van der Waals surface area contributed by atoms with Crippen molar-refractivity contribution in [3.63, 3.8) is 0 Å². The lowest BCUT2D eigenvalue weighted by Crippen LogP contribution is -2.44. The summed E-state index contributed by atoms with van der Waals surface area (Å²) in [4.78, 5) is 11.9. The molecule has 2 atom stereocenters. The average molecular weight is 336 g/mol. The average Bonchev–Trinajstić information content (AvgIpc) is 2.68. The lowest BCUT2D eigenvalue weighted by atomic mass is 10.1. The number of aromatic nitrogens is 2. The van der Waals surface area contributed by atoms with Crippen LogP contribution in [0.3, 0.4) is 0 Å². The van der Waals surface area contributed by atoms with Crippen molar-refractivity contribution in [2.45, 2.75) is 58.9 Å². The number of hydrogen-bond acceptors (Lipinski definition) is 3. The summed E-state index contributed by atoms with van der Waals surface area (Å²) >= 11 is 0. The van der Waals surface area contributed by atoms with Crippen molar-refractivity contribution in [1.29, 1.82) is 0 Å². The van der Waals surface area contributed by atoms with Gasteiger partial charge in [0.2, 0.25) is 0 Å². The lowest BCUT2D eigenvalue weighted by Gasteiger charge is -2.19. The summed E-state index contributed by atoms with van der Waals surface area (Å²) in [6.07, 6.45) is -3.79. The largest absolute Gasteiger partial charge is 0.408 e. The Kier molecular flexibility index (Phi) is 6.43. The molecular weight excluding hydrogens is 313 g/mol. The first kappa shape index (κ1) is 19.3. The van der Waals surface area contributed by atoms with Crippen molar-refractivity contribution in [2.24, 2.45) is 0 Å². The minimum absolute atomic E-state index is 0.181. The van der Waals surface area contributed by atoms with E-state index >= 15 is 0 Å². The Bertz CT molecular complexity index is 539. The second kappa shape index (κ2) is 7.67. The quantitative estimate of drug-likeness (QED) is 0.745. The molecule has 0 aliphatic heterocycles. The van der Waals surface area contributed by atoms with Gasteiger partial charge in [0, 0.05) is 11.3 Å². The molecule has 0 radical (unpaired) electrons. The minimum atomic E-state index is -4.36. The Morgan fingerprint density at radius 1 is 1.35 bits per heavy atom. The first-order valence-corrected chi connectivity index (χ1v) is 7.37. The molecule has 0 aliphatic carbocycles. The first-order valence-electron chi connectivity index (χ1n) is 7.37. The van der Waals surface area contributed by atoms with Crippen molar-refractivity contribution in [1.82, 2.24) is 20.4 Å². The number of carbonyl (C=O) groups excluding carboxylic acids is 1. The molecule has 132 valence electrons. The van der Waals surface area contributed by atoms with E-state index in [9.17, 15) is 18.0 Å². The second-order valence-electron chi connectivity index (χ2n) is 5.48. The minimum Gasteiger partial charge on any atom is -0.394 e. The van der Waals surface area contributed by atoms with Crippen LogP contribution in [0.15, 0.2) is 0 Å². The molecule has 1 rings (SSSR count). The van der Waals surface area contributed by atoms with Gasteiger partial charge in [0.15, 0.2) is 0 Å². The highest BCUT2D eigenvalue weighted by molar-refractivity contribution is 5.74. The normalized spacial score (nSPS) is 14.4. The first-order chi connectivity index (χ1) is 10.6. The van der Waals surface area contributed by atoms with Crippen LogP contribution in [0, 0.1) is 13.8 Å². The number of rotatable bonds is 6. The fraction of sp³-hybridized carbons (Fsp3) is 0.714. The predicted molar refractivity (Wildman–Crippen MR) is 79.0 cm³/mol. The SMILES string of the molecule is CCC(CO)NC(=O)NC(C)c1c(C)nn(CC(F)(F)F)c1C. The van der Waals surface area contributed by atoms with E-state index < -0.39 is 24.8 Å². The van der Waals surface area contributed by atoms with Crippen LogP contribution in [0.5, 0.6) is 0 Å². The molecule has 0 aliphatic rings. The maximum Gasteiger partial charge on any atom is 0.408 e. The van der Waals surface area contributed by atoms with Gasteiger partial charge in [-0.15, -0.1) is 0 Å². The summed E-state index contributed by atoms with van der Waals surface area (Å²) in [5.41, 5.74) is 1.36. The van der Waals surface area contributed by atoms with Crippen LogP contribution in [0.25, 0.3) is 0 Å². The number of aryl methyl sites for hydroxylation is 1. The van der Waals surface area contributed by atoms with E-state index in [2.05, 4.69) is 15.7 Å². The van der Waals surface area contributed by atoms with Gasteiger partial charge in [-0.3, -0.25) is 4.68 Å². The highest BCUT2D eigenvalue weighted by Crippen LogP contribution is 2.24. The molecule has 0 bridgehead atoms. The molecule has 1 aromatic heterocycles. The van der Waals surface area contributed by atoms with E-state index in [1.807, 2.05) is 6.92 Å². The molecule has 2 amide bonds. The number of aliphatic hydroxyl groups is 1. The van der Waals surface area contributed by atoms with Gasteiger partial charge in [-0.05, 0) is 27.2 Å². The zero-order valence-electron chi connectivity index (χ0n) is 13.7. The van der Waals surface area contributed by atoms with Crippen molar-refractivity contribution in [3.8, 4) is 0 Å². The molecule has 0 fully saturated rings. The van der Waals surface area contributed by atoms with E-state index in [1.165, 1.54) is 0 Å². The molecule has 1 aromatic rings. The molecule has 0 aromatic carbocycles. The fourth-order valence-corrected chi connectivity index (χ4v) is 2.43. The Morgan fingerprint density at radius 2 is 1.96 bits per heavy atom. The number of nitrogens with one attached hydrogen (secondary N) is 2. The van der Waals surface area contributed by atoms with E-state index in [4.69, 9.17) is 5.11 Å². The molecule has 0 spiro atoms. The van der Waals surface area contributed by atoms with Crippen molar-refractivity contribution < 1.29 is 23.1 Å². The van der Waals surface area contributed by atoms with Crippen LogP contribution in [0.2, 0.25) is 0 Å². The van der Waals surface area contributed by atoms with Gasteiger partial charge in [-0.1, -0.05) is 6.92 Å². The van der Waals surface area contributed by atoms with E-state index in [0.29, 0.717) is 23.4 Å². The number of amides is 2. The van der Waals surface area contributed by atoms with Crippen LogP contribution in [0.1, 0.15) is 43.3 Å². The lowest BCUT2D eigenvalue weighted by molar-refractivity contribution is -0.143. The van der Waals surface area contributed by atoms with Gasteiger partial charge < -0.3 is 15.7 Å². The number of urea groups is 1. The predicted octanol–water partition coefficient (Wildman–Crippen LogP) is 2.19. The van der Waals surface area contributed by atoms with E-state index in [0.717, 1.165) is 4.68 Å². The van der Waals surface area contributed by atoms with Gasteiger partial charge in [0.05, 0.1) is 24.4 Å². The number of hydrogen-bond donors (Lipinski definition) is 3. The molecule has 0 saturated carbocycles. The summed E-state index contributed by atoms with van der Waals surface area (Å²) in [5, 5.41) is 18.2. The number of carbonyl (C=O) groups is 1. The molecule has 1 heterocycles. The number of nitrogens with zero attached hydrogens (tertiary/aromatic N) is 2. The standard InChI is InChI=1S/C14H23F3N4O2/c1-5-11(6-22)19-13(23)18-8(2)12-9(3)20-21(10(12)4)7-14(15,16)17/h8,11,22H,5-7H2,1-4H3,(H2,18,19,23). The van der Waals surface area contributed by atoms with Crippen LogP contribution in [0.4, 0.5) is 18.0 Å². The molecule has 0 saturated heterocycles. The Hall–Kier alpha value is -1.77. The summed E-state index contributed by atoms with van der Waals surface area (Å²) in [6.45, 7) is 5.29. The third kappa shape index (κ3) is 5.42. The molecule has 3 N–H and O–H groups in total. The maximum absolute atomic E-state index is 12.5. The Balaban J connectivity index is 2.84. The molecule has 6 nitrogen and oxygen atoms in total. The molecule has 23 heavy (non-hydrogen) atoms. The van der Waals surface area contributed by atoms with Crippen LogP contribution in [-0.4, -0.2) is 39.7 Å². The zero-order valence-corrected chi connectivity index (χ0v) is 13.7. The van der Waals surface area contributed by atoms with E-state index in [1.54, 1.807) is 20.8 Å². The number of alkyl halides is 3. The van der Waals surface area contributed by atoms with Gasteiger partial charge in [-0.25, -0.2) is 4.79 Å². The highest BCUT2D eigenvalue weighted by Gasteiger charge is 2.31. The fourth-order valence-electron chi connectivity index (χ4n) is 2.43. The molecule has 2 unspecified atom stereocenters. The highest BCUT2D eigenvalue weighted by atomic mass is 19.4. The van der Waals surface area contributed by atoms with Crippen molar-refractivity contribution in [2.75, 3.05) is 6.61 Å². The number of halogens is 3. The van der Waals surface area contributed by atoms with Crippen LogP contribution in [-0.2, 0) is 6.54 Å². The van der Waals surface area contributed by atoms with E-state index in [-0.39, 0.29) is 12.6 Å². The number of aliphatic hydroxyl groups excluding tert-OH is 1. The summed E-state index contributed by atoms with van der Waals surface area (Å²) in [5.74, 6) is 0. The van der Waals surface area contributed by atoms with Gasteiger partial charge in [0.25, 0.3) is 0 Å². The second-order valence-corrected chi connectivity index (χ2v) is 5.48. The Labute approximate surface area is 133 Å². The molecular formula is C14H23F3N4O2. The third-order valence-electron chi connectivity index (χ3n) is 3.60. The maximum atomic E-state index is 12.5. The van der Waals surface area contributed by atoms with Crippen molar-refractivity contribution >= 4 is 6.03 Å². The smallest absolute Gasteiger partial charge is 0.394 e. The van der Waals surface area contributed by atoms with Gasteiger partial charge >= 0.3 is 12.2 Å². The van der Waals surface area contributed by atoms with Crippen LogP contribution >= 0.6 is 0 Å². The third-order valence-corrected chi connectivity index (χ3v) is 3.60.